The molecule has 30 heavy (non-hydrogen) atoms. The zero-order chi connectivity index (χ0) is 20.8. The molecule has 0 spiro atoms. The third-order valence-corrected chi connectivity index (χ3v) is 6.38. The van der Waals surface area contributed by atoms with Gasteiger partial charge in [-0.2, -0.15) is 0 Å². The fourth-order valence-corrected chi connectivity index (χ4v) is 4.67. The van der Waals surface area contributed by atoms with Gasteiger partial charge >= 0.3 is 0 Å². The maximum atomic E-state index is 10.5. The average molecular weight is 422 g/mol. The third kappa shape index (κ3) is 4.83. The topological polar surface area (TPSA) is 60.2 Å². The number of benzene rings is 2. The Bertz CT molecular complexity index is 974. The van der Waals surface area contributed by atoms with E-state index in [0.717, 1.165) is 35.8 Å². The Labute approximate surface area is 181 Å². The van der Waals surface area contributed by atoms with E-state index in [4.69, 9.17) is 4.74 Å². The van der Waals surface area contributed by atoms with Crippen LogP contribution in [0.2, 0.25) is 0 Å². The van der Waals surface area contributed by atoms with Gasteiger partial charge in [0, 0.05) is 17.9 Å². The highest BCUT2D eigenvalue weighted by Crippen LogP contribution is 2.32. The molecule has 1 aliphatic carbocycles. The molecule has 3 aromatic rings. The first-order valence-electron chi connectivity index (χ1n) is 10.4. The number of allylic oxidation sites excluding steroid dienone is 1. The predicted molar refractivity (Wildman–Crippen MR) is 120 cm³/mol. The molecule has 0 unspecified atom stereocenters. The van der Waals surface area contributed by atoms with Gasteiger partial charge in [-0.25, -0.2) is 0 Å². The Kier molecular flexibility index (Phi) is 7.00. The van der Waals surface area contributed by atoms with E-state index in [0.29, 0.717) is 18.9 Å². The largest absolute Gasteiger partial charge is 0.390 e. The summed E-state index contributed by atoms with van der Waals surface area (Å²) in [5.74, 6) is 1.31. The Morgan fingerprint density at radius 3 is 2.80 bits per heavy atom. The van der Waals surface area contributed by atoms with Crippen molar-refractivity contribution in [3.05, 3.63) is 78.4 Å². The fourth-order valence-electron chi connectivity index (χ4n) is 3.82. The van der Waals surface area contributed by atoms with Crippen LogP contribution in [0.15, 0.2) is 72.4 Å². The Morgan fingerprint density at radius 2 is 1.97 bits per heavy atom. The molecule has 0 saturated carbocycles. The summed E-state index contributed by atoms with van der Waals surface area (Å²) in [6.07, 6.45) is 4.57. The summed E-state index contributed by atoms with van der Waals surface area (Å²) in [5.41, 5.74) is 3.64. The van der Waals surface area contributed by atoms with Crippen molar-refractivity contribution in [2.75, 3.05) is 12.4 Å². The van der Waals surface area contributed by atoms with Gasteiger partial charge in [0.25, 0.3) is 0 Å². The van der Waals surface area contributed by atoms with Crippen LogP contribution in [0.1, 0.15) is 30.1 Å². The van der Waals surface area contributed by atoms with Crippen molar-refractivity contribution >= 4 is 11.8 Å². The van der Waals surface area contributed by atoms with Crippen LogP contribution in [-0.4, -0.2) is 38.3 Å². The molecular formula is C24H27N3O2S. The first-order valence-corrected chi connectivity index (χ1v) is 11.3. The molecule has 2 aromatic carbocycles. The minimum Gasteiger partial charge on any atom is -0.390 e. The van der Waals surface area contributed by atoms with Crippen molar-refractivity contribution in [1.82, 2.24) is 14.8 Å². The molecule has 0 radical (unpaired) electrons. The first-order chi connectivity index (χ1) is 14.8. The van der Waals surface area contributed by atoms with Crippen LogP contribution in [0.4, 0.5) is 0 Å². The van der Waals surface area contributed by atoms with E-state index in [1.54, 1.807) is 0 Å². The lowest BCUT2D eigenvalue weighted by Crippen LogP contribution is -2.22. The summed E-state index contributed by atoms with van der Waals surface area (Å²) in [7, 11) is 0. The van der Waals surface area contributed by atoms with Crippen LogP contribution in [-0.2, 0) is 17.7 Å². The summed E-state index contributed by atoms with van der Waals surface area (Å²) >= 11 is 1.49. The number of aliphatic hydroxyl groups excluding tert-OH is 1. The molecule has 0 aliphatic heterocycles. The number of thioether (sulfide) groups is 1. The van der Waals surface area contributed by atoms with Gasteiger partial charge in [-0.3, -0.25) is 4.57 Å². The average Bonchev–Trinajstić information content (AvgIpc) is 3.19. The fraction of sp³-hybridized carbons (Fsp3) is 0.333. The van der Waals surface area contributed by atoms with Crippen LogP contribution in [0.25, 0.3) is 11.4 Å². The van der Waals surface area contributed by atoms with Gasteiger partial charge < -0.3 is 9.84 Å². The molecule has 0 amide bonds. The zero-order valence-electron chi connectivity index (χ0n) is 17.0. The normalized spacial score (nSPS) is 16.8. The van der Waals surface area contributed by atoms with Crippen molar-refractivity contribution in [3.63, 3.8) is 0 Å². The molecule has 6 heteroatoms. The van der Waals surface area contributed by atoms with E-state index in [-0.39, 0.29) is 6.10 Å². The van der Waals surface area contributed by atoms with E-state index < -0.39 is 6.10 Å². The van der Waals surface area contributed by atoms with E-state index in [2.05, 4.69) is 41.0 Å². The van der Waals surface area contributed by atoms with Gasteiger partial charge in [-0.15, -0.1) is 16.8 Å². The summed E-state index contributed by atoms with van der Waals surface area (Å²) < 4.78 is 8.12. The Hall–Kier alpha value is -2.41. The lowest BCUT2D eigenvalue weighted by molar-refractivity contribution is -0.00960. The maximum absolute atomic E-state index is 10.5. The van der Waals surface area contributed by atoms with E-state index >= 15 is 0 Å². The summed E-state index contributed by atoms with van der Waals surface area (Å²) in [4.78, 5) is 0. The minimum absolute atomic E-state index is 0.0729. The second-order valence-electron chi connectivity index (χ2n) is 7.45. The highest BCUT2D eigenvalue weighted by molar-refractivity contribution is 7.99. The lowest BCUT2D eigenvalue weighted by atomic mass is 9.89. The van der Waals surface area contributed by atoms with Gasteiger partial charge in [-0.1, -0.05) is 72.4 Å². The monoisotopic (exact) mass is 421 g/mol. The maximum Gasteiger partial charge on any atom is 0.191 e. The molecule has 0 fully saturated rings. The van der Waals surface area contributed by atoms with Crippen LogP contribution >= 0.6 is 11.8 Å². The summed E-state index contributed by atoms with van der Waals surface area (Å²) in [6.45, 7) is 4.78. The molecule has 156 valence electrons. The quantitative estimate of drug-likeness (QED) is 0.402. The molecule has 0 bridgehead atoms. The van der Waals surface area contributed by atoms with Crippen molar-refractivity contribution in [2.45, 2.75) is 43.2 Å². The lowest BCUT2D eigenvalue weighted by Gasteiger charge is -2.26. The van der Waals surface area contributed by atoms with Gasteiger partial charge in [0.1, 0.15) is 0 Å². The van der Waals surface area contributed by atoms with Crippen LogP contribution in [0.5, 0.6) is 0 Å². The predicted octanol–water partition coefficient (Wildman–Crippen LogP) is 4.68. The van der Waals surface area contributed by atoms with E-state index in [1.807, 2.05) is 41.0 Å². The number of fused-ring (bicyclic) bond motifs is 1. The highest BCUT2D eigenvalue weighted by Gasteiger charge is 2.22. The molecule has 1 heterocycles. The van der Waals surface area contributed by atoms with Crippen molar-refractivity contribution in [1.29, 1.82) is 0 Å². The van der Waals surface area contributed by atoms with Crippen LogP contribution < -0.4 is 0 Å². The van der Waals surface area contributed by atoms with Gasteiger partial charge in [0.2, 0.25) is 0 Å². The number of nitrogens with zero attached hydrogens (tertiary/aromatic N) is 3. The standard InChI is InChI=1S/C24H27N3O2S/c1-2-15-27-23(19-10-4-3-5-11-19)25-26-24(27)30-17-20(28)16-29-22-14-8-12-18-9-6-7-13-21(18)22/h2-7,9-11,13,20,22,28H,1,8,12,14-17H2/t20-,22-/m1/s1. The number of rotatable bonds is 9. The summed E-state index contributed by atoms with van der Waals surface area (Å²) in [6, 6.07) is 18.4. The van der Waals surface area contributed by atoms with Gasteiger partial charge in [-0.05, 0) is 30.4 Å². The van der Waals surface area contributed by atoms with Crippen LogP contribution in [0, 0.1) is 0 Å². The SMILES string of the molecule is C=CCn1c(SC[C@H](O)CO[C@@H]2CCCc3ccccc32)nnc1-c1ccccc1. The molecule has 0 saturated heterocycles. The van der Waals surface area contributed by atoms with Crippen molar-refractivity contribution in [3.8, 4) is 11.4 Å². The molecule has 2 atom stereocenters. The second kappa shape index (κ2) is 10.1. The molecule has 1 aromatic heterocycles. The number of aryl methyl sites for hydroxylation is 1. The number of hydrogen-bond acceptors (Lipinski definition) is 5. The molecule has 1 N–H and O–H groups in total. The molecular weight excluding hydrogens is 394 g/mol. The number of hydrogen-bond donors (Lipinski definition) is 1. The number of aromatic nitrogens is 3. The van der Waals surface area contributed by atoms with Crippen molar-refractivity contribution in [2.24, 2.45) is 0 Å². The minimum atomic E-state index is -0.571. The molecule has 1 aliphatic rings. The molecule has 4 rings (SSSR count). The smallest absolute Gasteiger partial charge is 0.191 e. The number of aliphatic hydroxyl groups is 1. The highest BCUT2D eigenvalue weighted by atomic mass is 32.2. The first kappa shape index (κ1) is 20.8. The van der Waals surface area contributed by atoms with E-state index in [1.165, 1.54) is 22.9 Å². The third-order valence-electron chi connectivity index (χ3n) is 5.27. The van der Waals surface area contributed by atoms with E-state index in [9.17, 15) is 5.11 Å². The Morgan fingerprint density at radius 1 is 1.17 bits per heavy atom. The van der Waals surface area contributed by atoms with Crippen LogP contribution in [0.3, 0.4) is 0 Å². The summed E-state index contributed by atoms with van der Waals surface area (Å²) in [5, 5.41) is 20.0. The van der Waals surface area contributed by atoms with Gasteiger partial charge in [0.05, 0.1) is 18.8 Å². The van der Waals surface area contributed by atoms with Crippen molar-refractivity contribution < 1.29 is 9.84 Å². The second-order valence-corrected chi connectivity index (χ2v) is 8.44. The zero-order valence-corrected chi connectivity index (χ0v) is 17.8. The Balaban J connectivity index is 1.36. The molecule has 5 nitrogen and oxygen atoms in total. The number of ether oxygens (including phenoxy) is 1. The van der Waals surface area contributed by atoms with Gasteiger partial charge in [0.15, 0.2) is 11.0 Å².